The predicted octanol–water partition coefficient (Wildman–Crippen LogP) is 4.14. The standard InChI is InChI=1S/C16H26FNO/c1-5-13(6-2)11-18(7-3)15-10-8-9-14(17)16(15)12(4)19/h8-10,12-13,19H,5-7,11H2,1-4H3/t12-/m0/s1. The molecule has 3 heteroatoms. The molecule has 2 nitrogen and oxygen atoms in total. The van der Waals surface area contributed by atoms with E-state index >= 15 is 0 Å². The van der Waals surface area contributed by atoms with Gasteiger partial charge in [-0.05, 0) is 31.9 Å². The van der Waals surface area contributed by atoms with Crippen molar-refractivity contribution in [2.24, 2.45) is 5.92 Å². The van der Waals surface area contributed by atoms with Gasteiger partial charge >= 0.3 is 0 Å². The molecule has 1 N–H and O–H groups in total. The van der Waals surface area contributed by atoms with E-state index in [0.29, 0.717) is 11.5 Å². The zero-order chi connectivity index (χ0) is 14.4. The maximum absolute atomic E-state index is 13.9. The molecule has 0 spiro atoms. The van der Waals surface area contributed by atoms with Crippen molar-refractivity contribution in [1.29, 1.82) is 0 Å². The fourth-order valence-corrected chi connectivity index (χ4v) is 2.47. The average molecular weight is 267 g/mol. The van der Waals surface area contributed by atoms with Crippen molar-refractivity contribution in [3.8, 4) is 0 Å². The van der Waals surface area contributed by atoms with Crippen molar-refractivity contribution in [2.45, 2.75) is 46.6 Å². The van der Waals surface area contributed by atoms with E-state index in [2.05, 4.69) is 25.7 Å². The zero-order valence-electron chi connectivity index (χ0n) is 12.5. The molecular weight excluding hydrogens is 241 g/mol. The lowest BCUT2D eigenvalue weighted by Crippen LogP contribution is -2.30. The third-order valence-corrected chi connectivity index (χ3v) is 3.80. The first-order valence-electron chi connectivity index (χ1n) is 7.26. The Bertz CT molecular complexity index is 388. The second-order valence-electron chi connectivity index (χ2n) is 5.07. The summed E-state index contributed by atoms with van der Waals surface area (Å²) >= 11 is 0. The van der Waals surface area contributed by atoms with Crippen molar-refractivity contribution in [2.75, 3.05) is 18.0 Å². The summed E-state index contributed by atoms with van der Waals surface area (Å²) in [5.74, 6) is 0.278. The van der Waals surface area contributed by atoms with Crippen LogP contribution in [-0.4, -0.2) is 18.2 Å². The summed E-state index contributed by atoms with van der Waals surface area (Å²) in [6, 6.07) is 5.03. The van der Waals surface area contributed by atoms with Crippen molar-refractivity contribution in [3.63, 3.8) is 0 Å². The molecule has 0 amide bonds. The van der Waals surface area contributed by atoms with Crippen LogP contribution in [0, 0.1) is 11.7 Å². The topological polar surface area (TPSA) is 23.5 Å². The molecule has 0 aliphatic carbocycles. The van der Waals surface area contributed by atoms with E-state index in [0.717, 1.165) is 31.6 Å². The molecule has 1 rings (SSSR count). The summed E-state index contributed by atoms with van der Waals surface area (Å²) in [6.45, 7) is 9.78. The molecule has 0 unspecified atom stereocenters. The molecular formula is C16H26FNO. The first-order valence-corrected chi connectivity index (χ1v) is 7.26. The van der Waals surface area contributed by atoms with E-state index in [4.69, 9.17) is 0 Å². The Morgan fingerprint density at radius 3 is 2.32 bits per heavy atom. The van der Waals surface area contributed by atoms with Crippen LogP contribution in [0.5, 0.6) is 0 Å². The summed E-state index contributed by atoms with van der Waals surface area (Å²) in [7, 11) is 0. The molecule has 1 aromatic rings. The number of hydrogen-bond donors (Lipinski definition) is 1. The number of aliphatic hydroxyl groups is 1. The van der Waals surface area contributed by atoms with Gasteiger partial charge in [-0.15, -0.1) is 0 Å². The third-order valence-electron chi connectivity index (χ3n) is 3.80. The van der Waals surface area contributed by atoms with Crippen LogP contribution >= 0.6 is 0 Å². The van der Waals surface area contributed by atoms with Gasteiger partial charge in [0, 0.05) is 24.3 Å². The van der Waals surface area contributed by atoms with Crippen LogP contribution in [0.3, 0.4) is 0 Å². The highest BCUT2D eigenvalue weighted by molar-refractivity contribution is 5.55. The Balaban J connectivity index is 3.07. The molecule has 0 heterocycles. The molecule has 1 aromatic carbocycles. The normalized spacial score (nSPS) is 12.8. The van der Waals surface area contributed by atoms with Crippen molar-refractivity contribution < 1.29 is 9.50 Å². The van der Waals surface area contributed by atoms with Crippen LogP contribution in [0.25, 0.3) is 0 Å². The van der Waals surface area contributed by atoms with Gasteiger partial charge in [0.25, 0.3) is 0 Å². The molecule has 0 saturated carbocycles. The quantitative estimate of drug-likeness (QED) is 0.802. The fourth-order valence-electron chi connectivity index (χ4n) is 2.47. The van der Waals surface area contributed by atoms with Crippen LogP contribution in [-0.2, 0) is 0 Å². The van der Waals surface area contributed by atoms with Gasteiger partial charge in [-0.25, -0.2) is 4.39 Å². The number of aliphatic hydroxyl groups excluding tert-OH is 1. The van der Waals surface area contributed by atoms with Gasteiger partial charge in [-0.3, -0.25) is 0 Å². The minimum absolute atomic E-state index is 0.324. The summed E-state index contributed by atoms with van der Waals surface area (Å²) in [4.78, 5) is 2.17. The van der Waals surface area contributed by atoms with E-state index in [1.54, 1.807) is 13.0 Å². The van der Waals surface area contributed by atoms with Gasteiger partial charge in [0.1, 0.15) is 5.82 Å². The van der Waals surface area contributed by atoms with Gasteiger partial charge < -0.3 is 10.0 Å². The summed E-state index contributed by atoms with van der Waals surface area (Å²) in [5, 5.41) is 9.81. The van der Waals surface area contributed by atoms with E-state index in [-0.39, 0.29) is 5.82 Å². The summed E-state index contributed by atoms with van der Waals surface area (Å²) in [6.07, 6.45) is 1.45. The summed E-state index contributed by atoms with van der Waals surface area (Å²) < 4.78 is 13.9. The van der Waals surface area contributed by atoms with Crippen LogP contribution in [0.4, 0.5) is 10.1 Å². The molecule has 0 radical (unpaired) electrons. The highest BCUT2D eigenvalue weighted by atomic mass is 19.1. The van der Waals surface area contributed by atoms with Crippen LogP contribution < -0.4 is 4.90 Å². The lowest BCUT2D eigenvalue weighted by Gasteiger charge is -2.30. The average Bonchev–Trinajstić information content (AvgIpc) is 2.39. The van der Waals surface area contributed by atoms with Crippen LogP contribution in [0.1, 0.15) is 52.2 Å². The molecule has 0 aliphatic heterocycles. The number of hydrogen-bond acceptors (Lipinski definition) is 2. The minimum atomic E-state index is -0.785. The highest BCUT2D eigenvalue weighted by Gasteiger charge is 2.19. The molecule has 108 valence electrons. The maximum atomic E-state index is 13.9. The monoisotopic (exact) mass is 267 g/mol. The number of rotatable bonds is 7. The van der Waals surface area contributed by atoms with E-state index in [1.807, 2.05) is 6.07 Å². The Labute approximate surface area is 116 Å². The van der Waals surface area contributed by atoms with Crippen molar-refractivity contribution in [3.05, 3.63) is 29.6 Å². The molecule has 0 aromatic heterocycles. The molecule has 0 saturated heterocycles. The molecule has 1 atom stereocenters. The Morgan fingerprint density at radius 2 is 1.84 bits per heavy atom. The van der Waals surface area contributed by atoms with Crippen molar-refractivity contribution >= 4 is 5.69 Å². The van der Waals surface area contributed by atoms with Gasteiger partial charge in [-0.1, -0.05) is 32.8 Å². The Kier molecular flexibility index (Phi) is 6.29. The van der Waals surface area contributed by atoms with Crippen LogP contribution in [0.2, 0.25) is 0 Å². The lowest BCUT2D eigenvalue weighted by molar-refractivity contribution is 0.194. The molecule has 0 fully saturated rings. The minimum Gasteiger partial charge on any atom is -0.389 e. The second-order valence-corrected chi connectivity index (χ2v) is 5.07. The van der Waals surface area contributed by atoms with Gasteiger partial charge in [0.15, 0.2) is 0 Å². The Morgan fingerprint density at radius 1 is 1.21 bits per heavy atom. The number of benzene rings is 1. The fraction of sp³-hybridized carbons (Fsp3) is 0.625. The van der Waals surface area contributed by atoms with E-state index < -0.39 is 6.10 Å². The predicted molar refractivity (Wildman–Crippen MR) is 79.0 cm³/mol. The number of halogens is 1. The highest BCUT2D eigenvalue weighted by Crippen LogP contribution is 2.30. The lowest BCUT2D eigenvalue weighted by atomic mass is 10.0. The SMILES string of the molecule is CCC(CC)CN(CC)c1cccc(F)c1[C@H](C)O. The zero-order valence-corrected chi connectivity index (χ0v) is 12.5. The van der Waals surface area contributed by atoms with Gasteiger partial charge in [0.2, 0.25) is 0 Å². The first kappa shape index (κ1) is 16.0. The molecule has 19 heavy (non-hydrogen) atoms. The smallest absolute Gasteiger partial charge is 0.131 e. The second kappa shape index (κ2) is 7.49. The number of anilines is 1. The largest absolute Gasteiger partial charge is 0.389 e. The third kappa shape index (κ3) is 3.93. The first-order chi connectivity index (χ1) is 9.04. The van der Waals surface area contributed by atoms with Crippen LogP contribution in [0.15, 0.2) is 18.2 Å². The number of nitrogens with zero attached hydrogens (tertiary/aromatic N) is 1. The van der Waals surface area contributed by atoms with E-state index in [1.165, 1.54) is 6.07 Å². The van der Waals surface area contributed by atoms with Gasteiger partial charge in [0.05, 0.1) is 6.10 Å². The van der Waals surface area contributed by atoms with Crippen molar-refractivity contribution in [1.82, 2.24) is 0 Å². The van der Waals surface area contributed by atoms with E-state index in [9.17, 15) is 9.50 Å². The summed E-state index contributed by atoms with van der Waals surface area (Å²) in [5.41, 5.74) is 1.24. The molecule has 0 aliphatic rings. The van der Waals surface area contributed by atoms with Gasteiger partial charge in [-0.2, -0.15) is 0 Å². The molecule has 0 bridgehead atoms. The maximum Gasteiger partial charge on any atom is 0.131 e. The Hall–Kier alpha value is -1.09.